The Bertz CT molecular complexity index is 926. The van der Waals surface area contributed by atoms with E-state index in [9.17, 15) is 14.4 Å². The maximum atomic E-state index is 12.1. The third kappa shape index (κ3) is 10.2. The first-order valence-corrected chi connectivity index (χ1v) is 13.4. The average Bonchev–Trinajstić information content (AvgIpc) is 2.90. The first-order valence-electron chi connectivity index (χ1n) is 13.4. The summed E-state index contributed by atoms with van der Waals surface area (Å²) in [6, 6.07) is 13.9. The molecule has 4 nitrogen and oxygen atoms in total. The monoisotopic (exact) mass is 488 g/mol. The second-order valence-electron chi connectivity index (χ2n) is 9.12. The zero-order valence-electron chi connectivity index (χ0n) is 21.6. The maximum Gasteiger partial charge on any atom is 0.303 e. The Hall–Kier alpha value is -3.27. The van der Waals surface area contributed by atoms with Crippen molar-refractivity contribution in [3.05, 3.63) is 95.1 Å². The van der Waals surface area contributed by atoms with E-state index < -0.39 is 5.97 Å². The summed E-state index contributed by atoms with van der Waals surface area (Å²) in [4.78, 5) is 34.5. The topological polar surface area (TPSA) is 71.4 Å². The van der Waals surface area contributed by atoms with Crippen molar-refractivity contribution < 1.29 is 19.5 Å². The number of benzene rings is 2. The Morgan fingerprint density at radius 1 is 0.639 bits per heavy atom. The molecule has 4 heteroatoms. The van der Waals surface area contributed by atoms with Gasteiger partial charge in [0.25, 0.3) is 0 Å². The van der Waals surface area contributed by atoms with Crippen molar-refractivity contribution in [3.8, 4) is 0 Å². The maximum absolute atomic E-state index is 12.1. The quantitative estimate of drug-likeness (QED) is 0.183. The predicted molar refractivity (Wildman–Crippen MR) is 147 cm³/mol. The Morgan fingerprint density at radius 2 is 1.06 bits per heavy atom. The largest absolute Gasteiger partial charge is 0.481 e. The van der Waals surface area contributed by atoms with Crippen molar-refractivity contribution in [2.75, 3.05) is 0 Å². The number of hydrogen-bond acceptors (Lipinski definition) is 3. The predicted octanol–water partition coefficient (Wildman–Crippen LogP) is 8.35. The molecule has 0 amide bonds. The van der Waals surface area contributed by atoms with Gasteiger partial charge in [0.15, 0.2) is 11.6 Å². The number of carbonyl (C=O) groups excluding carboxylic acids is 2. The molecule has 0 radical (unpaired) electrons. The van der Waals surface area contributed by atoms with E-state index in [1.807, 2.05) is 0 Å². The standard InChI is InChI=1S/C18H32O2.C14H8O2/c1-2-3-4-5-6-7-8-9-10-11-12-13-14-15-16-17-18(19)20;15-13-9-5-1-2-6-10(9)14(16)12-8-4-3-7-11(12)13/h6-7,9-10H,2-5,8,11-17H2,1H3,(H,19,20);1-8H/b7-6-,10-9-;. The normalized spacial score (nSPS) is 12.4. The van der Waals surface area contributed by atoms with Crippen molar-refractivity contribution in [1.82, 2.24) is 0 Å². The second-order valence-corrected chi connectivity index (χ2v) is 9.12. The van der Waals surface area contributed by atoms with Crippen molar-refractivity contribution in [2.24, 2.45) is 0 Å². The van der Waals surface area contributed by atoms with E-state index in [2.05, 4.69) is 31.2 Å². The van der Waals surface area contributed by atoms with E-state index in [4.69, 9.17) is 5.11 Å². The summed E-state index contributed by atoms with van der Waals surface area (Å²) in [7, 11) is 0. The van der Waals surface area contributed by atoms with Gasteiger partial charge in [-0.1, -0.05) is 112 Å². The molecule has 0 unspecified atom stereocenters. The van der Waals surface area contributed by atoms with Gasteiger partial charge in [0.2, 0.25) is 0 Å². The lowest BCUT2D eigenvalue weighted by molar-refractivity contribution is -0.137. The van der Waals surface area contributed by atoms with Gasteiger partial charge in [0.1, 0.15) is 0 Å². The zero-order valence-corrected chi connectivity index (χ0v) is 21.6. The third-order valence-electron chi connectivity index (χ3n) is 6.17. The third-order valence-corrected chi connectivity index (χ3v) is 6.17. The van der Waals surface area contributed by atoms with E-state index >= 15 is 0 Å². The molecule has 1 N–H and O–H groups in total. The molecule has 2 aromatic rings. The summed E-state index contributed by atoms with van der Waals surface area (Å²) in [5, 5.41) is 8.50. The van der Waals surface area contributed by atoms with Crippen LogP contribution in [0.5, 0.6) is 0 Å². The molecule has 0 saturated carbocycles. The first kappa shape index (κ1) is 29.0. The molecule has 2 aromatic carbocycles. The number of ketones is 2. The van der Waals surface area contributed by atoms with Gasteiger partial charge in [-0.25, -0.2) is 0 Å². The summed E-state index contributed by atoms with van der Waals surface area (Å²) in [6.45, 7) is 2.23. The highest BCUT2D eigenvalue weighted by atomic mass is 16.4. The number of carbonyl (C=O) groups is 3. The lowest BCUT2D eigenvalue weighted by Gasteiger charge is -2.16. The summed E-state index contributed by atoms with van der Waals surface area (Å²) in [5.41, 5.74) is 2.02. The molecule has 1 aliphatic carbocycles. The molecule has 192 valence electrons. The van der Waals surface area contributed by atoms with Crippen molar-refractivity contribution in [3.63, 3.8) is 0 Å². The van der Waals surface area contributed by atoms with Crippen LogP contribution in [-0.4, -0.2) is 22.6 Å². The van der Waals surface area contributed by atoms with Crippen LogP contribution in [0.15, 0.2) is 72.8 Å². The van der Waals surface area contributed by atoms with E-state index in [-0.39, 0.29) is 11.6 Å². The zero-order chi connectivity index (χ0) is 26.0. The van der Waals surface area contributed by atoms with Crippen LogP contribution < -0.4 is 0 Å². The lowest BCUT2D eigenvalue weighted by atomic mass is 9.84. The van der Waals surface area contributed by atoms with Crippen LogP contribution in [0.4, 0.5) is 0 Å². The molecule has 0 aliphatic heterocycles. The minimum absolute atomic E-state index is 0.0641. The van der Waals surface area contributed by atoms with Gasteiger partial charge in [-0.15, -0.1) is 0 Å². The van der Waals surface area contributed by atoms with Crippen molar-refractivity contribution in [2.45, 2.75) is 84.0 Å². The number of allylic oxidation sites excluding steroid dienone is 4. The number of carboxylic acids is 1. The fourth-order valence-corrected chi connectivity index (χ4v) is 4.14. The molecule has 36 heavy (non-hydrogen) atoms. The van der Waals surface area contributed by atoms with Gasteiger partial charge < -0.3 is 5.11 Å². The molecule has 0 fully saturated rings. The molecule has 0 aromatic heterocycles. The molecular formula is C32H40O4. The highest BCUT2D eigenvalue weighted by Crippen LogP contribution is 2.26. The van der Waals surface area contributed by atoms with Gasteiger partial charge in [-0.3, -0.25) is 14.4 Å². The first-order chi connectivity index (χ1) is 17.6. The minimum Gasteiger partial charge on any atom is -0.481 e. The molecule has 0 atom stereocenters. The van der Waals surface area contributed by atoms with Crippen LogP contribution >= 0.6 is 0 Å². The van der Waals surface area contributed by atoms with Crippen LogP contribution in [0.1, 0.15) is 116 Å². The number of hydrogen-bond donors (Lipinski definition) is 1. The van der Waals surface area contributed by atoms with Gasteiger partial charge in [-0.05, 0) is 38.5 Å². The minimum atomic E-state index is -0.671. The fourth-order valence-electron chi connectivity index (χ4n) is 4.14. The number of fused-ring (bicyclic) bond motifs is 2. The van der Waals surface area contributed by atoms with Crippen LogP contribution in [0.25, 0.3) is 0 Å². The fraction of sp³-hybridized carbons (Fsp3) is 0.406. The Labute approximate surface area is 216 Å². The van der Waals surface area contributed by atoms with E-state index in [1.54, 1.807) is 48.5 Å². The smallest absolute Gasteiger partial charge is 0.303 e. The molecule has 1 aliphatic rings. The number of rotatable bonds is 14. The van der Waals surface area contributed by atoms with Crippen LogP contribution in [0.3, 0.4) is 0 Å². The van der Waals surface area contributed by atoms with Crippen LogP contribution in [0, 0.1) is 0 Å². The molecular weight excluding hydrogens is 448 g/mol. The van der Waals surface area contributed by atoms with Crippen molar-refractivity contribution in [1.29, 1.82) is 0 Å². The number of aliphatic carboxylic acids is 1. The van der Waals surface area contributed by atoms with E-state index in [0.29, 0.717) is 28.7 Å². The lowest BCUT2D eigenvalue weighted by Crippen LogP contribution is -2.20. The highest BCUT2D eigenvalue weighted by Gasteiger charge is 2.28. The summed E-state index contributed by atoms with van der Waals surface area (Å²) < 4.78 is 0. The SMILES string of the molecule is CCCCC/C=C\C/C=C\CCCCCCCC(=O)O.O=C1c2ccccc2C(=O)c2ccccc21. The van der Waals surface area contributed by atoms with E-state index in [1.165, 1.54) is 44.9 Å². The summed E-state index contributed by atoms with van der Waals surface area (Å²) in [6.07, 6.45) is 22.3. The Balaban J connectivity index is 0.000000257. The highest BCUT2D eigenvalue weighted by molar-refractivity contribution is 6.28. The van der Waals surface area contributed by atoms with Gasteiger partial charge in [-0.2, -0.15) is 0 Å². The molecule has 0 heterocycles. The molecule has 0 spiro atoms. The number of carboxylic acid groups (broad SMARTS) is 1. The molecule has 3 rings (SSSR count). The second kappa shape index (κ2) is 17.2. The molecule has 0 bridgehead atoms. The van der Waals surface area contributed by atoms with Gasteiger partial charge >= 0.3 is 5.97 Å². The van der Waals surface area contributed by atoms with Gasteiger partial charge in [0.05, 0.1) is 0 Å². The number of unbranched alkanes of at least 4 members (excludes halogenated alkanes) is 8. The average molecular weight is 489 g/mol. The van der Waals surface area contributed by atoms with Crippen LogP contribution in [-0.2, 0) is 4.79 Å². The van der Waals surface area contributed by atoms with Crippen LogP contribution in [0.2, 0.25) is 0 Å². The Morgan fingerprint density at radius 3 is 1.50 bits per heavy atom. The van der Waals surface area contributed by atoms with E-state index in [0.717, 1.165) is 25.7 Å². The Kier molecular flexibility index (Phi) is 13.8. The van der Waals surface area contributed by atoms with Gasteiger partial charge in [0, 0.05) is 28.7 Å². The summed E-state index contributed by atoms with van der Waals surface area (Å²) in [5.74, 6) is -0.799. The molecule has 0 saturated heterocycles. The van der Waals surface area contributed by atoms with Crippen molar-refractivity contribution >= 4 is 17.5 Å². The summed E-state index contributed by atoms with van der Waals surface area (Å²) >= 11 is 0.